The molecule has 1 atom stereocenters. The van der Waals surface area contributed by atoms with Crippen LogP contribution < -0.4 is 4.90 Å². The van der Waals surface area contributed by atoms with Gasteiger partial charge in [0, 0.05) is 25.8 Å². The second kappa shape index (κ2) is 7.68. The van der Waals surface area contributed by atoms with Crippen molar-refractivity contribution in [3.8, 4) is 0 Å². The molecule has 0 N–H and O–H groups in total. The van der Waals surface area contributed by atoms with Gasteiger partial charge in [-0.2, -0.15) is 0 Å². The molecule has 0 aliphatic carbocycles. The van der Waals surface area contributed by atoms with Gasteiger partial charge in [0.2, 0.25) is 0 Å². The fourth-order valence-electron chi connectivity index (χ4n) is 3.20. The maximum Gasteiger partial charge on any atom is 0.0361 e. The second-order valence-electron chi connectivity index (χ2n) is 6.24. The molecule has 1 aliphatic heterocycles. The van der Waals surface area contributed by atoms with Crippen molar-refractivity contribution < 1.29 is 0 Å². The van der Waals surface area contributed by atoms with Gasteiger partial charge in [-0.1, -0.05) is 38.3 Å². The molecule has 112 valence electrons. The van der Waals surface area contributed by atoms with E-state index >= 15 is 0 Å². The minimum Gasteiger partial charge on any atom is -0.378 e. The molecule has 1 aromatic carbocycles. The minimum absolute atomic E-state index is 0.639. The third-order valence-corrected chi connectivity index (χ3v) is 4.46. The van der Waals surface area contributed by atoms with Crippen LogP contribution in [0.5, 0.6) is 0 Å². The first-order valence-electron chi connectivity index (χ1n) is 8.23. The normalized spacial score (nSPS) is 17.4. The van der Waals surface area contributed by atoms with Gasteiger partial charge in [0.15, 0.2) is 0 Å². The molecule has 0 saturated carbocycles. The molecule has 1 unspecified atom stereocenters. The Kier molecular flexibility index (Phi) is 5.90. The van der Waals surface area contributed by atoms with E-state index in [1.54, 1.807) is 0 Å². The fourth-order valence-corrected chi connectivity index (χ4v) is 3.20. The van der Waals surface area contributed by atoms with Crippen molar-refractivity contribution >= 4 is 5.69 Å². The predicted octanol–water partition coefficient (Wildman–Crippen LogP) is 4.47. The predicted molar refractivity (Wildman–Crippen MR) is 88.5 cm³/mol. The quantitative estimate of drug-likeness (QED) is 0.677. The lowest BCUT2D eigenvalue weighted by molar-refractivity contribution is 0.228. The number of rotatable bonds is 7. The van der Waals surface area contributed by atoms with Gasteiger partial charge in [-0.3, -0.25) is 4.90 Å². The third-order valence-electron chi connectivity index (χ3n) is 4.46. The van der Waals surface area contributed by atoms with Crippen molar-refractivity contribution in [2.24, 2.45) is 0 Å². The average molecular weight is 274 g/mol. The minimum atomic E-state index is 0.639. The summed E-state index contributed by atoms with van der Waals surface area (Å²) in [5, 5.41) is 0. The smallest absolute Gasteiger partial charge is 0.0361 e. The highest BCUT2D eigenvalue weighted by molar-refractivity contribution is 5.46. The maximum atomic E-state index is 2.69. The van der Waals surface area contributed by atoms with Crippen LogP contribution >= 0.6 is 0 Å². The molecule has 1 heterocycles. The topological polar surface area (TPSA) is 6.48 Å². The first-order valence-corrected chi connectivity index (χ1v) is 8.23. The Balaban J connectivity index is 2.07. The van der Waals surface area contributed by atoms with E-state index < -0.39 is 0 Å². The van der Waals surface area contributed by atoms with Crippen LogP contribution in [0.1, 0.15) is 57.1 Å². The summed E-state index contributed by atoms with van der Waals surface area (Å²) in [5.41, 5.74) is 2.80. The van der Waals surface area contributed by atoms with Gasteiger partial charge in [-0.25, -0.2) is 0 Å². The summed E-state index contributed by atoms with van der Waals surface area (Å²) in [6.45, 7) is 4.86. The van der Waals surface area contributed by atoms with E-state index in [2.05, 4.69) is 55.1 Å². The molecule has 0 spiro atoms. The molecule has 1 fully saturated rings. The highest BCUT2D eigenvalue weighted by Crippen LogP contribution is 2.30. The van der Waals surface area contributed by atoms with Crippen LogP contribution in [0.2, 0.25) is 0 Å². The maximum absolute atomic E-state index is 2.69. The molecule has 0 amide bonds. The van der Waals surface area contributed by atoms with Crippen LogP contribution in [0, 0.1) is 0 Å². The standard InChI is InChI=1S/C18H30N2/c1-4-5-6-9-18(20-14-7-8-15-20)16-10-12-17(13-11-16)19(2)3/h10-13,18H,4-9,14-15H2,1-3H3. The molecule has 2 nitrogen and oxygen atoms in total. The summed E-state index contributed by atoms with van der Waals surface area (Å²) >= 11 is 0. The first-order chi connectivity index (χ1) is 9.72. The van der Waals surface area contributed by atoms with Crippen molar-refractivity contribution in [2.45, 2.75) is 51.5 Å². The second-order valence-corrected chi connectivity index (χ2v) is 6.24. The average Bonchev–Trinajstić information content (AvgIpc) is 2.98. The van der Waals surface area contributed by atoms with Gasteiger partial charge in [-0.05, 0) is 50.0 Å². The van der Waals surface area contributed by atoms with Crippen molar-refractivity contribution in [1.29, 1.82) is 0 Å². The highest BCUT2D eigenvalue weighted by atomic mass is 15.2. The van der Waals surface area contributed by atoms with E-state index in [4.69, 9.17) is 0 Å². The molecule has 0 bridgehead atoms. The van der Waals surface area contributed by atoms with E-state index in [-0.39, 0.29) is 0 Å². The van der Waals surface area contributed by atoms with Crippen molar-refractivity contribution in [3.63, 3.8) is 0 Å². The molecule has 1 saturated heterocycles. The summed E-state index contributed by atoms with van der Waals surface area (Å²) < 4.78 is 0. The molecular weight excluding hydrogens is 244 g/mol. The lowest BCUT2D eigenvalue weighted by Crippen LogP contribution is -2.25. The molecule has 1 aromatic rings. The Hall–Kier alpha value is -1.02. The van der Waals surface area contributed by atoms with Crippen molar-refractivity contribution in [2.75, 3.05) is 32.1 Å². The number of likely N-dealkylation sites (tertiary alicyclic amines) is 1. The van der Waals surface area contributed by atoms with Crippen molar-refractivity contribution in [3.05, 3.63) is 29.8 Å². The molecular formula is C18H30N2. The van der Waals surface area contributed by atoms with E-state index in [9.17, 15) is 0 Å². The molecule has 2 rings (SSSR count). The van der Waals surface area contributed by atoms with Crippen LogP contribution in [-0.4, -0.2) is 32.1 Å². The fraction of sp³-hybridized carbons (Fsp3) is 0.667. The van der Waals surface area contributed by atoms with E-state index in [1.807, 2.05) is 0 Å². The third kappa shape index (κ3) is 3.99. The highest BCUT2D eigenvalue weighted by Gasteiger charge is 2.22. The summed E-state index contributed by atoms with van der Waals surface area (Å²) in [7, 11) is 4.21. The lowest BCUT2D eigenvalue weighted by atomic mass is 9.98. The molecule has 0 radical (unpaired) electrons. The van der Waals surface area contributed by atoms with Crippen LogP contribution in [0.15, 0.2) is 24.3 Å². The van der Waals surface area contributed by atoms with Gasteiger partial charge in [-0.15, -0.1) is 0 Å². The van der Waals surface area contributed by atoms with E-state index in [0.29, 0.717) is 6.04 Å². The largest absolute Gasteiger partial charge is 0.378 e. The number of hydrogen-bond acceptors (Lipinski definition) is 2. The Morgan fingerprint density at radius 2 is 1.70 bits per heavy atom. The SMILES string of the molecule is CCCCCC(c1ccc(N(C)C)cc1)N1CCCC1. The van der Waals surface area contributed by atoms with Crippen LogP contribution in [0.25, 0.3) is 0 Å². The van der Waals surface area contributed by atoms with Gasteiger partial charge >= 0.3 is 0 Å². The van der Waals surface area contributed by atoms with Gasteiger partial charge < -0.3 is 4.90 Å². The monoisotopic (exact) mass is 274 g/mol. The lowest BCUT2D eigenvalue weighted by Gasteiger charge is -2.28. The Morgan fingerprint density at radius 3 is 2.25 bits per heavy atom. The number of anilines is 1. The Labute approximate surface area is 124 Å². The zero-order valence-electron chi connectivity index (χ0n) is 13.4. The Morgan fingerprint density at radius 1 is 1.05 bits per heavy atom. The summed E-state index contributed by atoms with van der Waals surface area (Å²) in [6.07, 6.45) is 8.09. The zero-order chi connectivity index (χ0) is 14.4. The van der Waals surface area contributed by atoms with Gasteiger partial charge in [0.1, 0.15) is 0 Å². The Bertz CT molecular complexity index is 377. The summed E-state index contributed by atoms with van der Waals surface area (Å²) in [5.74, 6) is 0. The van der Waals surface area contributed by atoms with E-state index in [0.717, 1.165) is 0 Å². The summed E-state index contributed by atoms with van der Waals surface area (Å²) in [6, 6.07) is 9.84. The van der Waals surface area contributed by atoms with E-state index in [1.165, 1.54) is 62.9 Å². The number of nitrogens with zero attached hydrogens (tertiary/aromatic N) is 2. The van der Waals surface area contributed by atoms with Crippen molar-refractivity contribution in [1.82, 2.24) is 4.90 Å². The van der Waals surface area contributed by atoms with Crippen LogP contribution in [-0.2, 0) is 0 Å². The molecule has 20 heavy (non-hydrogen) atoms. The number of hydrogen-bond donors (Lipinski definition) is 0. The molecule has 1 aliphatic rings. The number of unbranched alkanes of at least 4 members (excludes halogenated alkanes) is 2. The molecule has 2 heteroatoms. The molecule has 0 aromatic heterocycles. The first kappa shape index (κ1) is 15.4. The van der Waals surface area contributed by atoms with Gasteiger partial charge in [0.05, 0.1) is 0 Å². The number of benzene rings is 1. The van der Waals surface area contributed by atoms with Crippen LogP contribution in [0.4, 0.5) is 5.69 Å². The van der Waals surface area contributed by atoms with Gasteiger partial charge in [0.25, 0.3) is 0 Å². The van der Waals surface area contributed by atoms with Crippen LogP contribution in [0.3, 0.4) is 0 Å². The zero-order valence-corrected chi connectivity index (χ0v) is 13.4. The summed E-state index contributed by atoms with van der Waals surface area (Å²) in [4.78, 5) is 4.87.